The first-order valence-corrected chi connectivity index (χ1v) is 11.0. The number of nitrogens with zero attached hydrogens (tertiary/aromatic N) is 3. The first kappa shape index (κ1) is 20.2. The summed E-state index contributed by atoms with van der Waals surface area (Å²) in [6.07, 6.45) is 2.84. The van der Waals surface area contributed by atoms with Crippen molar-refractivity contribution in [1.82, 2.24) is 19.8 Å². The fourth-order valence-electron chi connectivity index (χ4n) is 4.45. The van der Waals surface area contributed by atoms with Crippen LogP contribution in [-0.2, 0) is 11.3 Å². The standard InChI is InChI=1S/C24H28N4O3/c29-20-6-9-28(10-7-20)24(30)18-3-1-17(2-4-18)23-21-15-19(26-22(21)5-8-25-23)16-27-11-13-31-14-12-27/h1-5,8,15,20,26,29H,6-7,9-14,16H2. The Kier molecular flexibility index (Phi) is 5.72. The summed E-state index contributed by atoms with van der Waals surface area (Å²) in [6, 6.07) is 11.9. The van der Waals surface area contributed by atoms with E-state index in [0.717, 1.165) is 55.0 Å². The van der Waals surface area contributed by atoms with Crippen molar-refractivity contribution >= 4 is 16.8 Å². The summed E-state index contributed by atoms with van der Waals surface area (Å²) < 4.78 is 5.44. The Bertz CT molecular complexity index is 1050. The molecule has 0 spiro atoms. The zero-order chi connectivity index (χ0) is 21.2. The lowest BCUT2D eigenvalue weighted by Gasteiger charge is -2.29. The van der Waals surface area contributed by atoms with Crippen molar-refractivity contribution < 1.29 is 14.6 Å². The normalized spacial score (nSPS) is 18.5. The number of fused-ring (bicyclic) bond motifs is 1. The van der Waals surface area contributed by atoms with Crippen LogP contribution in [0.1, 0.15) is 28.9 Å². The lowest BCUT2D eigenvalue weighted by Crippen LogP contribution is -2.40. The number of likely N-dealkylation sites (tertiary alicyclic amines) is 1. The number of nitrogens with one attached hydrogen (secondary N) is 1. The number of benzene rings is 1. The van der Waals surface area contributed by atoms with Crippen molar-refractivity contribution in [2.45, 2.75) is 25.5 Å². The van der Waals surface area contributed by atoms with Gasteiger partial charge in [-0.25, -0.2) is 0 Å². The highest BCUT2D eigenvalue weighted by molar-refractivity contribution is 5.96. The fourth-order valence-corrected chi connectivity index (χ4v) is 4.45. The highest BCUT2D eigenvalue weighted by Crippen LogP contribution is 2.28. The van der Waals surface area contributed by atoms with Crippen LogP contribution in [0.2, 0.25) is 0 Å². The largest absolute Gasteiger partial charge is 0.393 e. The predicted molar refractivity (Wildman–Crippen MR) is 119 cm³/mol. The number of pyridine rings is 1. The molecule has 0 aliphatic carbocycles. The number of piperidine rings is 1. The maximum absolute atomic E-state index is 12.8. The first-order valence-electron chi connectivity index (χ1n) is 11.0. The highest BCUT2D eigenvalue weighted by Gasteiger charge is 2.22. The number of aromatic nitrogens is 2. The summed E-state index contributed by atoms with van der Waals surface area (Å²) in [6.45, 7) is 5.56. The van der Waals surface area contributed by atoms with Gasteiger partial charge in [-0.15, -0.1) is 0 Å². The van der Waals surface area contributed by atoms with Gasteiger partial charge in [0.1, 0.15) is 0 Å². The third kappa shape index (κ3) is 4.35. The van der Waals surface area contributed by atoms with Crippen molar-refractivity contribution in [3.63, 3.8) is 0 Å². The Morgan fingerprint density at radius 2 is 1.84 bits per heavy atom. The summed E-state index contributed by atoms with van der Waals surface area (Å²) in [4.78, 5) is 25.1. The number of aliphatic hydroxyl groups excluding tert-OH is 1. The van der Waals surface area contributed by atoms with Gasteiger partial charge in [-0.3, -0.25) is 14.7 Å². The minimum atomic E-state index is -0.285. The summed E-state index contributed by atoms with van der Waals surface area (Å²) in [5.74, 6) is 0.0269. The average molecular weight is 421 g/mol. The molecule has 2 aliphatic rings. The molecule has 5 rings (SSSR count). The smallest absolute Gasteiger partial charge is 0.253 e. The first-order chi connectivity index (χ1) is 15.2. The molecule has 1 aromatic carbocycles. The summed E-state index contributed by atoms with van der Waals surface area (Å²) in [7, 11) is 0. The lowest BCUT2D eigenvalue weighted by atomic mass is 10.0. The van der Waals surface area contributed by atoms with Crippen LogP contribution in [0.25, 0.3) is 22.2 Å². The van der Waals surface area contributed by atoms with Gasteiger partial charge in [-0.1, -0.05) is 12.1 Å². The Morgan fingerprint density at radius 1 is 1.10 bits per heavy atom. The number of ether oxygens (including phenoxy) is 1. The van der Waals surface area contributed by atoms with E-state index in [4.69, 9.17) is 4.74 Å². The molecule has 2 aromatic heterocycles. The van der Waals surface area contributed by atoms with Gasteiger partial charge in [0.25, 0.3) is 5.91 Å². The number of amides is 1. The van der Waals surface area contributed by atoms with Crippen LogP contribution in [0, 0.1) is 0 Å². The third-order valence-electron chi connectivity index (χ3n) is 6.26. The number of hydrogen-bond acceptors (Lipinski definition) is 5. The Balaban J connectivity index is 1.35. The van der Waals surface area contributed by atoms with Gasteiger partial charge < -0.3 is 19.7 Å². The third-order valence-corrected chi connectivity index (χ3v) is 6.26. The molecule has 2 aliphatic heterocycles. The molecule has 2 fully saturated rings. The number of carbonyl (C=O) groups is 1. The predicted octanol–water partition coefficient (Wildman–Crippen LogP) is 2.66. The summed E-state index contributed by atoms with van der Waals surface area (Å²) in [5, 5.41) is 10.8. The molecular weight excluding hydrogens is 392 g/mol. The molecule has 2 N–H and O–H groups in total. The average Bonchev–Trinajstić information content (AvgIpc) is 3.22. The van der Waals surface area contributed by atoms with Crippen molar-refractivity contribution in [2.75, 3.05) is 39.4 Å². The maximum Gasteiger partial charge on any atom is 0.253 e. The number of aliphatic hydroxyl groups is 1. The summed E-state index contributed by atoms with van der Waals surface area (Å²) >= 11 is 0. The number of rotatable bonds is 4. The van der Waals surface area contributed by atoms with Crippen molar-refractivity contribution in [2.24, 2.45) is 0 Å². The fraction of sp³-hybridized carbons (Fsp3) is 0.417. The Labute approximate surface area is 181 Å². The SMILES string of the molecule is O=C(c1ccc(-c2nccc3[nH]c(CN4CCOCC4)cc23)cc1)N1CCC(O)CC1. The van der Waals surface area contributed by atoms with E-state index in [1.54, 1.807) is 0 Å². The molecule has 3 aromatic rings. The van der Waals surface area contributed by atoms with Crippen molar-refractivity contribution in [3.05, 3.63) is 53.9 Å². The molecule has 0 unspecified atom stereocenters. The van der Waals surface area contributed by atoms with Crippen LogP contribution in [0.3, 0.4) is 0 Å². The van der Waals surface area contributed by atoms with Crippen LogP contribution in [0.5, 0.6) is 0 Å². The van der Waals surface area contributed by atoms with Gasteiger partial charge >= 0.3 is 0 Å². The zero-order valence-corrected chi connectivity index (χ0v) is 17.6. The van der Waals surface area contributed by atoms with Crippen LogP contribution in [-0.4, -0.2) is 76.3 Å². The lowest BCUT2D eigenvalue weighted by molar-refractivity contribution is 0.0337. The molecule has 31 heavy (non-hydrogen) atoms. The second kappa shape index (κ2) is 8.78. The van der Waals surface area contributed by atoms with E-state index in [2.05, 4.69) is 20.9 Å². The van der Waals surface area contributed by atoms with Crippen LogP contribution in [0.15, 0.2) is 42.6 Å². The van der Waals surface area contributed by atoms with E-state index in [-0.39, 0.29) is 12.0 Å². The molecule has 4 heterocycles. The van der Waals surface area contributed by atoms with E-state index in [1.807, 2.05) is 41.4 Å². The van der Waals surface area contributed by atoms with Crippen molar-refractivity contribution in [3.8, 4) is 11.3 Å². The van der Waals surface area contributed by atoms with Crippen LogP contribution < -0.4 is 0 Å². The number of carbonyl (C=O) groups excluding carboxylic acids is 1. The zero-order valence-electron chi connectivity index (χ0n) is 17.6. The van der Waals surface area contributed by atoms with Gasteiger partial charge in [0, 0.05) is 66.6 Å². The van der Waals surface area contributed by atoms with Gasteiger partial charge in [0.05, 0.1) is 25.0 Å². The molecule has 0 saturated carbocycles. The van der Waals surface area contributed by atoms with Gasteiger partial charge in [0.2, 0.25) is 0 Å². The molecule has 0 bridgehead atoms. The molecule has 2 saturated heterocycles. The van der Waals surface area contributed by atoms with Crippen LogP contribution >= 0.6 is 0 Å². The Hall–Kier alpha value is -2.74. The minimum absolute atomic E-state index is 0.0269. The molecule has 1 amide bonds. The molecular formula is C24H28N4O3. The van der Waals surface area contributed by atoms with E-state index < -0.39 is 0 Å². The number of hydrogen-bond donors (Lipinski definition) is 2. The molecule has 7 nitrogen and oxygen atoms in total. The quantitative estimate of drug-likeness (QED) is 0.678. The van der Waals surface area contributed by atoms with Gasteiger partial charge in [-0.2, -0.15) is 0 Å². The number of H-pyrrole nitrogens is 1. The van der Waals surface area contributed by atoms with E-state index in [0.29, 0.717) is 31.5 Å². The highest BCUT2D eigenvalue weighted by atomic mass is 16.5. The number of morpholine rings is 1. The van der Waals surface area contributed by atoms with Gasteiger partial charge in [0.15, 0.2) is 0 Å². The maximum atomic E-state index is 12.8. The minimum Gasteiger partial charge on any atom is -0.393 e. The van der Waals surface area contributed by atoms with Crippen molar-refractivity contribution in [1.29, 1.82) is 0 Å². The second-order valence-electron chi connectivity index (χ2n) is 8.40. The van der Waals surface area contributed by atoms with Gasteiger partial charge in [-0.05, 0) is 37.1 Å². The summed E-state index contributed by atoms with van der Waals surface area (Å²) in [5.41, 5.74) is 4.83. The number of aromatic amines is 1. The van der Waals surface area contributed by atoms with E-state index in [1.165, 1.54) is 5.69 Å². The second-order valence-corrected chi connectivity index (χ2v) is 8.40. The van der Waals surface area contributed by atoms with E-state index in [9.17, 15) is 9.90 Å². The van der Waals surface area contributed by atoms with Crippen LogP contribution in [0.4, 0.5) is 0 Å². The topological polar surface area (TPSA) is 81.7 Å². The monoisotopic (exact) mass is 420 g/mol. The Morgan fingerprint density at radius 3 is 2.58 bits per heavy atom. The molecule has 7 heteroatoms. The van der Waals surface area contributed by atoms with E-state index >= 15 is 0 Å². The molecule has 0 atom stereocenters. The molecule has 0 radical (unpaired) electrons. The molecule has 162 valence electrons.